The van der Waals surface area contributed by atoms with Gasteiger partial charge in [0.25, 0.3) is 0 Å². The Morgan fingerprint density at radius 2 is 1.79 bits per heavy atom. The third-order valence-electron chi connectivity index (χ3n) is 1.97. The zero-order chi connectivity index (χ0) is 9.80. The lowest BCUT2D eigenvalue weighted by molar-refractivity contribution is 1.23. The van der Waals surface area contributed by atoms with Crippen molar-refractivity contribution in [3.8, 4) is 11.1 Å². The Balaban J connectivity index is 2.34. The fourth-order valence-electron chi connectivity index (χ4n) is 1.22. The van der Waals surface area contributed by atoms with Gasteiger partial charge in [0.1, 0.15) is 0 Å². The molecule has 3 radical (unpaired) electrons. The average Bonchev–Trinajstić information content (AvgIpc) is 2.30. The molecule has 0 N–H and O–H groups in total. The first kappa shape index (κ1) is 8.88. The molecule has 0 aliphatic carbocycles. The van der Waals surface area contributed by atoms with Crippen LogP contribution in [0.2, 0.25) is 0 Å². The van der Waals surface area contributed by atoms with Crippen molar-refractivity contribution in [1.29, 1.82) is 0 Å². The topological polar surface area (TPSA) is 25.8 Å². The fourth-order valence-corrected chi connectivity index (χ4v) is 1.22. The Morgan fingerprint density at radius 1 is 1.00 bits per heavy atom. The van der Waals surface area contributed by atoms with Gasteiger partial charge in [0.15, 0.2) is 0 Å². The van der Waals surface area contributed by atoms with Gasteiger partial charge in [0.2, 0.25) is 0 Å². The van der Waals surface area contributed by atoms with E-state index < -0.39 is 0 Å². The van der Waals surface area contributed by atoms with Gasteiger partial charge in [-0.2, -0.15) is 0 Å². The van der Waals surface area contributed by atoms with Crippen molar-refractivity contribution in [2.75, 3.05) is 0 Å². The van der Waals surface area contributed by atoms with Crippen LogP contribution in [0.5, 0.6) is 0 Å². The number of pyridine rings is 2. The highest BCUT2D eigenvalue weighted by Gasteiger charge is 1.96. The molecule has 2 aromatic rings. The van der Waals surface area contributed by atoms with Crippen LogP contribution >= 0.6 is 0 Å². The molecule has 0 amide bonds. The number of hydrogen-bond donors (Lipinski definition) is 0. The van der Waals surface area contributed by atoms with E-state index in [2.05, 4.69) is 9.97 Å². The lowest BCUT2D eigenvalue weighted by Gasteiger charge is -2.00. The molecule has 0 bridgehead atoms. The summed E-state index contributed by atoms with van der Waals surface area (Å²) < 4.78 is 0. The molecule has 0 atom stereocenters. The van der Waals surface area contributed by atoms with Gasteiger partial charge in [0.05, 0.1) is 0 Å². The smallest absolute Gasteiger partial charge is 0.0444 e. The zero-order valence-electron chi connectivity index (χ0n) is 7.59. The van der Waals surface area contributed by atoms with Crippen molar-refractivity contribution in [2.24, 2.45) is 0 Å². The summed E-state index contributed by atoms with van der Waals surface area (Å²) >= 11 is 0. The maximum absolute atomic E-state index is 5.34. The third-order valence-corrected chi connectivity index (χ3v) is 1.97. The van der Waals surface area contributed by atoms with E-state index in [-0.39, 0.29) is 0 Å². The van der Waals surface area contributed by atoms with Crippen molar-refractivity contribution in [3.05, 3.63) is 61.9 Å². The normalized spacial score (nSPS) is 10.1. The molecular formula is C12H9N2. The summed E-state index contributed by atoms with van der Waals surface area (Å²) in [6, 6.07) is 7.77. The molecule has 0 unspecified atom stereocenters. The van der Waals surface area contributed by atoms with Gasteiger partial charge in [0, 0.05) is 36.3 Å². The Morgan fingerprint density at radius 3 is 2.36 bits per heavy atom. The SMILES string of the molecule is [CH][CH]c1ccc(-c2ccncc2)cn1. The largest absolute Gasteiger partial charge is 0.265 e. The van der Waals surface area contributed by atoms with Crippen LogP contribution in [0.1, 0.15) is 5.69 Å². The molecule has 0 saturated heterocycles. The minimum atomic E-state index is 0.780. The summed E-state index contributed by atoms with van der Waals surface area (Å²) in [6.45, 7) is 5.34. The molecule has 0 spiro atoms. The summed E-state index contributed by atoms with van der Waals surface area (Å²) in [6.07, 6.45) is 6.81. The van der Waals surface area contributed by atoms with Gasteiger partial charge in [-0.15, -0.1) is 0 Å². The summed E-state index contributed by atoms with van der Waals surface area (Å²) in [4.78, 5) is 8.13. The predicted octanol–water partition coefficient (Wildman–Crippen LogP) is 2.41. The van der Waals surface area contributed by atoms with Gasteiger partial charge < -0.3 is 0 Å². The van der Waals surface area contributed by atoms with Gasteiger partial charge in [-0.25, -0.2) is 0 Å². The van der Waals surface area contributed by atoms with Crippen molar-refractivity contribution < 1.29 is 0 Å². The molecule has 2 aromatic heterocycles. The molecule has 2 nitrogen and oxygen atoms in total. The van der Waals surface area contributed by atoms with Gasteiger partial charge in [-0.3, -0.25) is 9.97 Å². The third kappa shape index (κ3) is 1.79. The first-order valence-electron chi connectivity index (χ1n) is 4.31. The summed E-state index contributed by atoms with van der Waals surface area (Å²) in [5.74, 6) is 0. The van der Waals surface area contributed by atoms with Crippen molar-refractivity contribution in [1.82, 2.24) is 9.97 Å². The predicted molar refractivity (Wildman–Crippen MR) is 55.2 cm³/mol. The molecule has 0 aliphatic heterocycles. The van der Waals surface area contributed by atoms with Crippen molar-refractivity contribution >= 4 is 0 Å². The summed E-state index contributed by atoms with van der Waals surface area (Å²) in [5.41, 5.74) is 2.96. The van der Waals surface area contributed by atoms with Gasteiger partial charge in [-0.05, 0) is 30.7 Å². The minimum absolute atomic E-state index is 0.780. The lowest BCUT2D eigenvalue weighted by atomic mass is 10.1. The molecule has 0 saturated carbocycles. The van der Waals surface area contributed by atoms with Gasteiger partial charge in [-0.1, -0.05) is 6.07 Å². The molecule has 0 aliphatic rings. The van der Waals surface area contributed by atoms with Crippen LogP contribution in [0.25, 0.3) is 11.1 Å². The summed E-state index contributed by atoms with van der Waals surface area (Å²) in [5, 5.41) is 0. The van der Waals surface area contributed by atoms with Gasteiger partial charge >= 0.3 is 0 Å². The second-order valence-corrected chi connectivity index (χ2v) is 2.87. The quantitative estimate of drug-likeness (QED) is 0.711. The fraction of sp³-hybridized carbons (Fsp3) is 0. The average molecular weight is 181 g/mol. The highest BCUT2D eigenvalue weighted by Crippen LogP contribution is 2.17. The van der Waals surface area contributed by atoms with E-state index in [1.54, 1.807) is 18.6 Å². The van der Waals surface area contributed by atoms with Crippen molar-refractivity contribution in [3.63, 3.8) is 0 Å². The van der Waals surface area contributed by atoms with E-state index in [0.29, 0.717) is 0 Å². The van der Waals surface area contributed by atoms with Crippen LogP contribution in [-0.4, -0.2) is 9.97 Å². The second kappa shape index (κ2) is 4.01. The minimum Gasteiger partial charge on any atom is -0.265 e. The van der Waals surface area contributed by atoms with Crippen LogP contribution < -0.4 is 0 Å². The number of nitrogens with zero attached hydrogens (tertiary/aromatic N) is 2. The first-order valence-corrected chi connectivity index (χ1v) is 4.31. The van der Waals surface area contributed by atoms with Crippen LogP contribution in [0.4, 0.5) is 0 Å². The zero-order valence-corrected chi connectivity index (χ0v) is 7.59. The van der Waals surface area contributed by atoms with E-state index in [1.165, 1.54) is 6.42 Å². The van der Waals surface area contributed by atoms with E-state index in [9.17, 15) is 0 Å². The molecule has 0 aromatic carbocycles. The Hall–Kier alpha value is -1.70. The monoisotopic (exact) mass is 181 g/mol. The maximum Gasteiger partial charge on any atom is 0.0444 e. The Bertz CT molecular complexity index is 392. The van der Waals surface area contributed by atoms with Crippen LogP contribution in [-0.2, 0) is 0 Å². The lowest BCUT2D eigenvalue weighted by Crippen LogP contribution is -1.85. The highest BCUT2D eigenvalue weighted by molar-refractivity contribution is 5.61. The molecule has 2 heteroatoms. The number of hydrogen-bond acceptors (Lipinski definition) is 2. The van der Waals surface area contributed by atoms with E-state index in [4.69, 9.17) is 6.92 Å². The molecule has 0 fully saturated rings. The molecular weight excluding hydrogens is 172 g/mol. The van der Waals surface area contributed by atoms with Crippen LogP contribution in [0, 0.1) is 13.3 Å². The van der Waals surface area contributed by atoms with E-state index in [0.717, 1.165) is 16.8 Å². The van der Waals surface area contributed by atoms with Crippen LogP contribution in [0.15, 0.2) is 42.9 Å². The molecule has 2 heterocycles. The molecule has 67 valence electrons. The number of rotatable bonds is 2. The van der Waals surface area contributed by atoms with Crippen LogP contribution in [0.3, 0.4) is 0 Å². The van der Waals surface area contributed by atoms with E-state index >= 15 is 0 Å². The van der Waals surface area contributed by atoms with E-state index in [1.807, 2.05) is 24.3 Å². The highest BCUT2D eigenvalue weighted by atomic mass is 14.7. The standard InChI is InChI=1S/C12H9N2/c1-2-12-4-3-11(9-14-12)10-5-7-13-8-6-10/h1-9H. The maximum atomic E-state index is 5.34. The molecule has 2 rings (SSSR count). The molecule has 14 heavy (non-hydrogen) atoms. The Kier molecular flexibility index (Phi) is 2.54. The summed E-state index contributed by atoms with van der Waals surface area (Å²) in [7, 11) is 0. The first-order chi connectivity index (χ1) is 6.90. The number of aromatic nitrogens is 2. The van der Waals surface area contributed by atoms with Crippen molar-refractivity contribution in [2.45, 2.75) is 0 Å². The Labute approximate surface area is 83.7 Å². The second-order valence-electron chi connectivity index (χ2n) is 2.87.